The molecule has 62 heavy (non-hydrogen) atoms. The van der Waals surface area contributed by atoms with E-state index in [2.05, 4.69) is 25.5 Å². The van der Waals surface area contributed by atoms with E-state index in [1.54, 1.807) is 0 Å². The van der Waals surface area contributed by atoms with Crippen molar-refractivity contribution in [1.82, 2.24) is 19.6 Å². The summed E-state index contributed by atoms with van der Waals surface area (Å²) in [5.41, 5.74) is -1.06. The molecule has 0 saturated carbocycles. The zero-order valence-electron chi connectivity index (χ0n) is 39.3. The van der Waals surface area contributed by atoms with E-state index >= 15 is 0 Å². The molecule has 0 aliphatic carbocycles. The van der Waals surface area contributed by atoms with E-state index in [1.165, 1.54) is 0 Å². The van der Waals surface area contributed by atoms with Crippen molar-refractivity contribution >= 4 is 33.5 Å². The lowest BCUT2D eigenvalue weighted by Gasteiger charge is -2.39. The molecule has 362 valence electrons. The SMILES string of the molecule is C#CCCCSSCCCN1CCCN(CC(=O)OC(C)(C)C)CCN(CCCCCCCCCCO[C@@H]2OC(CO)[C@@H](O)C(O)C2O)CCCN(CC(=O)OC(C)(C)C)CC1. The van der Waals surface area contributed by atoms with Gasteiger partial charge in [-0.15, -0.1) is 12.3 Å². The standard InChI is InChI=1S/C46H86N4O10S2/c1-8-9-18-33-61-62-34-21-27-48-24-20-26-49(35-39(52)59-45(2,3)4)30-28-47(23-19-25-50(31-29-48)36-40(53)60-46(5,6)7)22-16-14-12-10-11-13-15-17-32-57-44-43(56)42(55)41(54)38(37-51)58-44/h1,38,41-44,51,54-56H,9-37H2,2-7H3/t38?,41-,42?,43?,44-/m1/s1. The zero-order chi connectivity index (χ0) is 45.8. The van der Waals surface area contributed by atoms with Crippen LogP contribution in [0.4, 0.5) is 0 Å². The van der Waals surface area contributed by atoms with Crippen molar-refractivity contribution in [3.63, 3.8) is 0 Å². The number of nitrogens with zero attached hydrogens (tertiary/aromatic N) is 4. The van der Waals surface area contributed by atoms with Crippen molar-refractivity contribution < 1.29 is 49.0 Å². The van der Waals surface area contributed by atoms with E-state index in [0.29, 0.717) is 6.61 Å². The molecule has 2 aliphatic rings. The fourth-order valence-corrected chi connectivity index (χ4v) is 9.68. The molecule has 0 bridgehead atoms. The van der Waals surface area contributed by atoms with Gasteiger partial charge in [0.1, 0.15) is 35.6 Å². The van der Waals surface area contributed by atoms with Gasteiger partial charge < -0.3 is 49.2 Å². The van der Waals surface area contributed by atoms with Crippen LogP contribution in [-0.4, -0.2) is 197 Å². The van der Waals surface area contributed by atoms with Gasteiger partial charge in [0.15, 0.2) is 6.29 Å². The van der Waals surface area contributed by atoms with Gasteiger partial charge in [0.2, 0.25) is 0 Å². The molecule has 2 rings (SSSR count). The van der Waals surface area contributed by atoms with Crippen LogP contribution < -0.4 is 0 Å². The van der Waals surface area contributed by atoms with Gasteiger partial charge in [-0.3, -0.25) is 19.4 Å². The lowest BCUT2D eigenvalue weighted by Crippen LogP contribution is -2.59. The lowest BCUT2D eigenvalue weighted by atomic mass is 9.99. The normalized spacial score (nSPS) is 23.7. The highest BCUT2D eigenvalue weighted by atomic mass is 33.1. The van der Waals surface area contributed by atoms with Crippen molar-refractivity contribution in [2.24, 2.45) is 0 Å². The van der Waals surface area contributed by atoms with Crippen molar-refractivity contribution in [3.05, 3.63) is 0 Å². The smallest absolute Gasteiger partial charge is 0.320 e. The largest absolute Gasteiger partial charge is 0.459 e. The van der Waals surface area contributed by atoms with Crippen LogP contribution in [0, 0.1) is 12.3 Å². The molecule has 3 unspecified atom stereocenters. The second-order valence-electron chi connectivity index (χ2n) is 18.8. The summed E-state index contributed by atoms with van der Waals surface area (Å²) in [4.78, 5) is 35.7. The zero-order valence-corrected chi connectivity index (χ0v) is 40.9. The first-order valence-corrected chi connectivity index (χ1v) is 25.9. The highest BCUT2D eigenvalue weighted by Crippen LogP contribution is 2.24. The van der Waals surface area contributed by atoms with Crippen LogP contribution in [0.15, 0.2) is 0 Å². The number of ether oxygens (including phenoxy) is 4. The third-order valence-corrected chi connectivity index (χ3v) is 13.3. The fraction of sp³-hybridized carbons (Fsp3) is 0.913. The molecule has 2 aliphatic heterocycles. The molecule has 4 N–H and O–H groups in total. The number of carbonyl (C=O) groups is 2. The molecule has 0 aromatic rings. The number of esters is 2. The monoisotopic (exact) mass is 919 g/mol. The summed E-state index contributed by atoms with van der Waals surface area (Å²) in [7, 11) is 3.82. The summed E-state index contributed by atoms with van der Waals surface area (Å²) >= 11 is 0. The van der Waals surface area contributed by atoms with E-state index in [0.717, 1.165) is 160 Å². The summed E-state index contributed by atoms with van der Waals surface area (Å²) in [5.74, 6) is 4.51. The Morgan fingerprint density at radius 3 is 1.58 bits per heavy atom. The predicted octanol–water partition coefficient (Wildman–Crippen LogP) is 4.79. The predicted molar refractivity (Wildman–Crippen MR) is 251 cm³/mol. The first kappa shape index (κ1) is 56.9. The average Bonchev–Trinajstić information content (AvgIpc) is 3.19. The van der Waals surface area contributed by atoms with Gasteiger partial charge in [-0.05, 0) is 106 Å². The van der Waals surface area contributed by atoms with Crippen LogP contribution in [0.5, 0.6) is 0 Å². The Balaban J connectivity index is 1.92. The highest BCUT2D eigenvalue weighted by Gasteiger charge is 2.44. The van der Waals surface area contributed by atoms with Gasteiger partial charge in [-0.1, -0.05) is 60.1 Å². The Morgan fingerprint density at radius 2 is 1.08 bits per heavy atom. The van der Waals surface area contributed by atoms with Crippen LogP contribution >= 0.6 is 21.6 Å². The minimum Gasteiger partial charge on any atom is -0.459 e. The average molecular weight is 919 g/mol. The molecule has 0 amide bonds. The maximum Gasteiger partial charge on any atom is 0.320 e. The number of aliphatic hydroxyl groups excluding tert-OH is 4. The van der Waals surface area contributed by atoms with Crippen LogP contribution in [-0.2, 0) is 28.5 Å². The Morgan fingerprint density at radius 1 is 0.629 bits per heavy atom. The first-order valence-electron chi connectivity index (χ1n) is 23.4. The number of hydrogen-bond acceptors (Lipinski definition) is 16. The Bertz CT molecular complexity index is 1230. The molecule has 16 heteroatoms. The van der Waals surface area contributed by atoms with Gasteiger partial charge in [-0.2, -0.15) is 0 Å². The van der Waals surface area contributed by atoms with Crippen LogP contribution in [0.2, 0.25) is 0 Å². The number of terminal acetylenes is 1. The van der Waals surface area contributed by atoms with E-state index < -0.39 is 48.5 Å². The number of hydrogen-bond donors (Lipinski definition) is 4. The molecular weight excluding hydrogens is 833 g/mol. The maximum atomic E-state index is 13.0. The van der Waals surface area contributed by atoms with Crippen LogP contribution in [0.1, 0.15) is 125 Å². The topological polar surface area (TPSA) is 165 Å². The second kappa shape index (κ2) is 32.5. The third-order valence-electron chi connectivity index (χ3n) is 10.7. The minimum atomic E-state index is -1.43. The van der Waals surface area contributed by atoms with Gasteiger partial charge in [0, 0.05) is 63.8 Å². The number of rotatable bonds is 25. The molecule has 0 radical (unpaired) electrons. The molecule has 0 spiro atoms. The molecule has 0 aromatic carbocycles. The summed E-state index contributed by atoms with van der Waals surface area (Å²) in [6, 6.07) is 0. The van der Waals surface area contributed by atoms with Gasteiger partial charge in [-0.25, -0.2) is 0 Å². The molecule has 2 heterocycles. The Kier molecular flexibility index (Phi) is 29.8. The lowest BCUT2D eigenvalue weighted by molar-refractivity contribution is -0.301. The van der Waals surface area contributed by atoms with E-state index in [-0.39, 0.29) is 25.0 Å². The fourth-order valence-electron chi connectivity index (χ4n) is 7.53. The summed E-state index contributed by atoms with van der Waals surface area (Å²) in [6.45, 7) is 20.7. The number of unbranched alkanes of at least 4 members (excludes halogenated alkanes) is 8. The van der Waals surface area contributed by atoms with Crippen molar-refractivity contribution in [2.45, 2.75) is 167 Å². The summed E-state index contributed by atoms with van der Waals surface area (Å²) in [6.07, 6.45) is 12.5. The Labute approximate surface area is 383 Å². The summed E-state index contributed by atoms with van der Waals surface area (Å²) < 4.78 is 22.5. The molecular formula is C46H86N4O10S2. The highest BCUT2D eigenvalue weighted by molar-refractivity contribution is 8.76. The maximum absolute atomic E-state index is 13.0. The van der Waals surface area contributed by atoms with Crippen LogP contribution in [0.25, 0.3) is 0 Å². The van der Waals surface area contributed by atoms with Crippen molar-refractivity contribution in [3.8, 4) is 12.3 Å². The Hall–Kier alpha value is -1.20. The van der Waals surface area contributed by atoms with E-state index in [1.807, 2.05) is 63.1 Å². The van der Waals surface area contributed by atoms with Crippen molar-refractivity contribution in [1.29, 1.82) is 0 Å². The molecule has 14 nitrogen and oxygen atoms in total. The molecule has 2 saturated heterocycles. The van der Waals surface area contributed by atoms with E-state index in [4.69, 9.17) is 25.4 Å². The van der Waals surface area contributed by atoms with Gasteiger partial charge >= 0.3 is 11.9 Å². The summed E-state index contributed by atoms with van der Waals surface area (Å²) in [5, 5.41) is 39.5. The number of carbonyl (C=O) groups excluding carboxylic acids is 2. The number of aliphatic hydroxyl groups is 4. The minimum absolute atomic E-state index is 0.181. The van der Waals surface area contributed by atoms with Crippen LogP contribution in [0.3, 0.4) is 0 Å². The second-order valence-corrected chi connectivity index (χ2v) is 21.5. The first-order chi connectivity index (χ1) is 29.5. The third kappa shape index (κ3) is 27.3. The molecule has 2 fully saturated rings. The molecule has 5 atom stereocenters. The van der Waals surface area contributed by atoms with E-state index in [9.17, 15) is 30.0 Å². The molecule has 0 aromatic heterocycles. The van der Waals surface area contributed by atoms with Gasteiger partial charge in [0.25, 0.3) is 0 Å². The van der Waals surface area contributed by atoms with Crippen molar-refractivity contribution in [2.75, 3.05) is 103 Å². The van der Waals surface area contributed by atoms with Gasteiger partial charge in [0.05, 0.1) is 19.7 Å². The quantitative estimate of drug-likeness (QED) is 0.0427.